The molecule has 1 aromatic carbocycles. The Morgan fingerprint density at radius 3 is 2.82 bits per heavy atom. The number of hydrogen-bond acceptors (Lipinski definition) is 3. The SMILES string of the molecule is Cc1cccc(SCC(O)c2ccc(Cl)s2)c1. The third-order valence-corrected chi connectivity index (χ3v) is 4.72. The molecule has 0 radical (unpaired) electrons. The lowest BCUT2D eigenvalue weighted by molar-refractivity contribution is 0.208. The number of rotatable bonds is 4. The second-order valence-corrected chi connectivity index (χ2v) is 6.63. The van der Waals surface area contributed by atoms with E-state index in [-0.39, 0.29) is 0 Å². The van der Waals surface area contributed by atoms with Crippen molar-refractivity contribution >= 4 is 34.7 Å². The zero-order chi connectivity index (χ0) is 12.3. The predicted octanol–water partition coefficient (Wildman–Crippen LogP) is 4.54. The van der Waals surface area contributed by atoms with Gasteiger partial charge in [-0.2, -0.15) is 0 Å². The highest BCUT2D eigenvalue weighted by molar-refractivity contribution is 7.99. The molecule has 4 heteroatoms. The van der Waals surface area contributed by atoms with E-state index in [2.05, 4.69) is 25.1 Å². The van der Waals surface area contributed by atoms with Crippen molar-refractivity contribution in [1.29, 1.82) is 0 Å². The van der Waals surface area contributed by atoms with Gasteiger partial charge < -0.3 is 5.11 Å². The Hall–Kier alpha value is -0.480. The van der Waals surface area contributed by atoms with E-state index in [0.717, 1.165) is 9.21 Å². The van der Waals surface area contributed by atoms with Gasteiger partial charge in [-0.3, -0.25) is 0 Å². The molecule has 90 valence electrons. The lowest BCUT2D eigenvalue weighted by atomic mass is 10.2. The van der Waals surface area contributed by atoms with Crippen LogP contribution in [-0.2, 0) is 0 Å². The zero-order valence-electron chi connectivity index (χ0n) is 9.39. The summed E-state index contributed by atoms with van der Waals surface area (Å²) >= 11 is 8.94. The second kappa shape index (κ2) is 5.91. The Bertz CT molecular complexity index is 496. The smallest absolute Gasteiger partial charge is 0.0976 e. The molecule has 1 atom stereocenters. The fraction of sp³-hybridized carbons (Fsp3) is 0.231. The maximum Gasteiger partial charge on any atom is 0.0976 e. The van der Waals surface area contributed by atoms with E-state index >= 15 is 0 Å². The van der Waals surface area contributed by atoms with E-state index in [1.165, 1.54) is 21.8 Å². The van der Waals surface area contributed by atoms with Gasteiger partial charge in [-0.15, -0.1) is 23.1 Å². The molecule has 0 saturated carbocycles. The van der Waals surface area contributed by atoms with E-state index in [0.29, 0.717) is 5.75 Å². The summed E-state index contributed by atoms with van der Waals surface area (Å²) in [5, 5.41) is 10.00. The van der Waals surface area contributed by atoms with Gasteiger partial charge in [0.2, 0.25) is 0 Å². The van der Waals surface area contributed by atoms with Gasteiger partial charge in [0.15, 0.2) is 0 Å². The van der Waals surface area contributed by atoms with Crippen LogP contribution >= 0.6 is 34.7 Å². The topological polar surface area (TPSA) is 20.2 Å². The van der Waals surface area contributed by atoms with Crippen molar-refractivity contribution in [3.8, 4) is 0 Å². The second-order valence-electron chi connectivity index (χ2n) is 3.79. The summed E-state index contributed by atoms with van der Waals surface area (Å²) in [4.78, 5) is 2.11. The predicted molar refractivity (Wildman–Crippen MR) is 76.2 cm³/mol. The molecule has 2 rings (SSSR count). The lowest BCUT2D eigenvalue weighted by Crippen LogP contribution is -1.97. The van der Waals surface area contributed by atoms with Gasteiger partial charge in [-0.05, 0) is 31.2 Å². The van der Waals surface area contributed by atoms with Gasteiger partial charge in [0.1, 0.15) is 0 Å². The van der Waals surface area contributed by atoms with E-state index in [1.807, 2.05) is 18.2 Å². The minimum absolute atomic E-state index is 0.446. The highest BCUT2D eigenvalue weighted by atomic mass is 35.5. The van der Waals surface area contributed by atoms with Gasteiger partial charge >= 0.3 is 0 Å². The number of aliphatic hydroxyl groups excluding tert-OH is 1. The monoisotopic (exact) mass is 284 g/mol. The van der Waals surface area contributed by atoms with Gasteiger partial charge in [-0.25, -0.2) is 0 Å². The van der Waals surface area contributed by atoms with Crippen LogP contribution in [0, 0.1) is 6.92 Å². The summed E-state index contributed by atoms with van der Waals surface area (Å²) in [6, 6.07) is 12.0. The summed E-state index contributed by atoms with van der Waals surface area (Å²) in [6.07, 6.45) is -0.446. The molecule has 1 heterocycles. The number of aliphatic hydroxyl groups is 1. The first-order chi connectivity index (χ1) is 8.15. The number of aryl methyl sites for hydroxylation is 1. The van der Waals surface area contributed by atoms with Gasteiger partial charge in [0.25, 0.3) is 0 Å². The number of thiophene rings is 1. The minimum Gasteiger partial charge on any atom is -0.387 e. The quantitative estimate of drug-likeness (QED) is 0.832. The molecular formula is C13H13ClOS2. The molecule has 0 aliphatic carbocycles. The molecule has 1 nitrogen and oxygen atoms in total. The summed E-state index contributed by atoms with van der Waals surface area (Å²) in [5.74, 6) is 0.653. The Balaban J connectivity index is 1.94. The Kier molecular flexibility index (Phi) is 4.51. The number of hydrogen-bond donors (Lipinski definition) is 1. The highest BCUT2D eigenvalue weighted by Crippen LogP contribution is 2.31. The van der Waals surface area contributed by atoms with E-state index < -0.39 is 6.10 Å². The first-order valence-corrected chi connectivity index (χ1v) is 7.46. The average molecular weight is 285 g/mol. The van der Waals surface area contributed by atoms with E-state index in [4.69, 9.17) is 11.6 Å². The number of halogens is 1. The fourth-order valence-corrected chi connectivity index (χ4v) is 3.60. The number of benzene rings is 1. The van der Waals surface area contributed by atoms with Crippen molar-refractivity contribution < 1.29 is 5.11 Å². The largest absolute Gasteiger partial charge is 0.387 e. The third kappa shape index (κ3) is 3.75. The maximum absolute atomic E-state index is 10.00. The first kappa shape index (κ1) is 13.0. The third-order valence-electron chi connectivity index (χ3n) is 2.32. The summed E-state index contributed by atoms with van der Waals surface area (Å²) in [5.41, 5.74) is 1.24. The zero-order valence-corrected chi connectivity index (χ0v) is 11.8. The van der Waals surface area contributed by atoms with Crippen LogP contribution in [0.5, 0.6) is 0 Å². The van der Waals surface area contributed by atoms with Crippen LogP contribution in [0.15, 0.2) is 41.3 Å². The van der Waals surface area contributed by atoms with Gasteiger partial charge in [0, 0.05) is 15.5 Å². The van der Waals surface area contributed by atoms with Crippen molar-refractivity contribution in [3.63, 3.8) is 0 Å². The van der Waals surface area contributed by atoms with Crippen molar-refractivity contribution in [2.24, 2.45) is 0 Å². The van der Waals surface area contributed by atoms with Crippen molar-refractivity contribution in [2.75, 3.05) is 5.75 Å². The molecule has 0 amide bonds. The number of thioether (sulfide) groups is 1. The highest BCUT2D eigenvalue weighted by Gasteiger charge is 2.10. The van der Waals surface area contributed by atoms with Gasteiger partial charge in [0.05, 0.1) is 10.4 Å². The summed E-state index contributed by atoms with van der Waals surface area (Å²) < 4.78 is 0.722. The summed E-state index contributed by atoms with van der Waals surface area (Å²) in [7, 11) is 0. The standard InChI is InChI=1S/C13H13ClOS2/c1-9-3-2-4-10(7-9)16-8-11(15)12-5-6-13(14)17-12/h2-7,11,15H,8H2,1H3. The molecule has 2 aromatic rings. The van der Waals surface area contributed by atoms with E-state index in [1.54, 1.807) is 11.8 Å². The molecule has 1 unspecified atom stereocenters. The first-order valence-electron chi connectivity index (χ1n) is 5.28. The summed E-state index contributed by atoms with van der Waals surface area (Å²) in [6.45, 7) is 2.07. The van der Waals surface area contributed by atoms with Crippen LogP contribution in [0.3, 0.4) is 0 Å². The Labute approximate surface area is 114 Å². The van der Waals surface area contributed by atoms with Crippen LogP contribution in [0.2, 0.25) is 4.34 Å². The van der Waals surface area contributed by atoms with Crippen LogP contribution in [0.1, 0.15) is 16.5 Å². The molecule has 1 N–H and O–H groups in total. The minimum atomic E-state index is -0.446. The normalized spacial score (nSPS) is 12.6. The molecule has 1 aromatic heterocycles. The van der Waals surface area contributed by atoms with Crippen LogP contribution in [0.4, 0.5) is 0 Å². The Morgan fingerprint density at radius 2 is 2.18 bits per heavy atom. The van der Waals surface area contributed by atoms with Crippen LogP contribution in [0.25, 0.3) is 0 Å². The molecule has 0 spiro atoms. The molecule has 0 fully saturated rings. The fourth-order valence-electron chi connectivity index (χ4n) is 1.47. The molecule has 0 aliphatic heterocycles. The Morgan fingerprint density at radius 1 is 1.35 bits per heavy atom. The molecular weight excluding hydrogens is 272 g/mol. The molecule has 0 aliphatic rings. The average Bonchev–Trinajstić information content (AvgIpc) is 2.73. The van der Waals surface area contributed by atoms with E-state index in [9.17, 15) is 5.11 Å². The van der Waals surface area contributed by atoms with Crippen molar-refractivity contribution in [1.82, 2.24) is 0 Å². The molecule has 0 bridgehead atoms. The van der Waals surface area contributed by atoms with Gasteiger partial charge in [-0.1, -0.05) is 29.3 Å². The maximum atomic E-state index is 10.00. The van der Waals surface area contributed by atoms with Crippen LogP contribution < -0.4 is 0 Å². The molecule has 0 saturated heterocycles. The van der Waals surface area contributed by atoms with Crippen molar-refractivity contribution in [2.45, 2.75) is 17.9 Å². The molecule has 17 heavy (non-hydrogen) atoms. The van der Waals surface area contributed by atoms with Crippen LogP contribution in [-0.4, -0.2) is 10.9 Å². The lowest BCUT2D eigenvalue weighted by Gasteiger charge is -2.08. The van der Waals surface area contributed by atoms with Crippen molar-refractivity contribution in [3.05, 3.63) is 51.2 Å².